The highest BCUT2D eigenvalue weighted by atomic mass is 16.4. The second-order valence-electron chi connectivity index (χ2n) is 11.1. The van der Waals surface area contributed by atoms with Crippen molar-refractivity contribution in [3.63, 3.8) is 0 Å². The zero-order chi connectivity index (χ0) is 28.8. The Morgan fingerprint density at radius 2 is 1.79 bits per heavy atom. The number of aromatic nitrogens is 6. The van der Waals surface area contributed by atoms with E-state index in [0.29, 0.717) is 17.2 Å². The SMILES string of the molecule is Nc1c(CCC(=O)O)c(C2C[C@H]3CC[C@@H](C2)N3C(=O)c2ccn[nH]2)nc2c(-c3ccc(-c4ccccc4)nc3)cnn12. The van der Waals surface area contributed by atoms with E-state index in [4.69, 9.17) is 10.7 Å². The van der Waals surface area contributed by atoms with E-state index >= 15 is 0 Å². The molecule has 0 spiro atoms. The first-order chi connectivity index (χ1) is 20.5. The molecule has 2 fully saturated rings. The Kier molecular flexibility index (Phi) is 6.41. The molecule has 42 heavy (non-hydrogen) atoms. The highest BCUT2D eigenvalue weighted by Crippen LogP contribution is 2.45. The highest BCUT2D eigenvalue weighted by molar-refractivity contribution is 5.93. The number of pyridine rings is 1. The van der Waals surface area contributed by atoms with Gasteiger partial charge >= 0.3 is 5.97 Å². The molecule has 2 bridgehead atoms. The molecule has 7 rings (SSSR count). The van der Waals surface area contributed by atoms with E-state index in [2.05, 4.69) is 20.3 Å². The average Bonchev–Trinajstić information content (AvgIpc) is 3.75. The molecule has 4 N–H and O–H groups in total. The number of fused-ring (bicyclic) bond motifs is 3. The van der Waals surface area contributed by atoms with Crippen LogP contribution in [0.2, 0.25) is 0 Å². The summed E-state index contributed by atoms with van der Waals surface area (Å²) in [6.07, 6.45) is 8.63. The Hall–Kier alpha value is -5.06. The minimum Gasteiger partial charge on any atom is -0.481 e. The van der Waals surface area contributed by atoms with Crippen molar-refractivity contribution >= 4 is 23.3 Å². The number of piperidine rings is 1. The summed E-state index contributed by atoms with van der Waals surface area (Å²) in [7, 11) is 0. The molecule has 11 heteroatoms. The van der Waals surface area contributed by atoms with Crippen molar-refractivity contribution in [2.75, 3.05) is 5.73 Å². The first-order valence-electron chi connectivity index (χ1n) is 14.2. The number of carbonyl (C=O) groups excluding carboxylic acids is 1. The van der Waals surface area contributed by atoms with Gasteiger partial charge in [-0.2, -0.15) is 14.7 Å². The van der Waals surface area contributed by atoms with Gasteiger partial charge in [-0.05, 0) is 44.2 Å². The van der Waals surface area contributed by atoms with Crippen LogP contribution in [0.1, 0.15) is 59.8 Å². The van der Waals surface area contributed by atoms with Gasteiger partial charge in [-0.15, -0.1) is 0 Å². The Labute approximate surface area is 241 Å². The van der Waals surface area contributed by atoms with Gasteiger partial charge in [0.1, 0.15) is 11.5 Å². The molecule has 2 saturated heterocycles. The normalized spacial score (nSPS) is 19.8. The molecule has 1 amide bonds. The van der Waals surface area contributed by atoms with Gasteiger partial charge in [-0.25, -0.2) is 4.98 Å². The lowest BCUT2D eigenvalue weighted by atomic mass is 9.85. The number of carboxylic acid groups (broad SMARTS) is 1. The number of rotatable bonds is 7. The van der Waals surface area contributed by atoms with Crippen molar-refractivity contribution in [2.24, 2.45) is 0 Å². The third-order valence-electron chi connectivity index (χ3n) is 8.64. The number of nitrogen functional groups attached to an aromatic ring is 1. The van der Waals surface area contributed by atoms with E-state index in [1.54, 1.807) is 23.0 Å². The molecule has 3 atom stereocenters. The number of anilines is 1. The van der Waals surface area contributed by atoms with E-state index in [9.17, 15) is 14.7 Å². The Morgan fingerprint density at radius 3 is 2.45 bits per heavy atom. The van der Waals surface area contributed by atoms with Crippen LogP contribution in [0.3, 0.4) is 0 Å². The van der Waals surface area contributed by atoms with E-state index < -0.39 is 5.97 Å². The zero-order valence-corrected chi connectivity index (χ0v) is 22.8. The summed E-state index contributed by atoms with van der Waals surface area (Å²) >= 11 is 0. The fraction of sp³-hybridized carbons (Fsp3) is 0.290. The van der Waals surface area contributed by atoms with E-state index in [-0.39, 0.29) is 36.8 Å². The molecule has 5 aromatic rings. The summed E-state index contributed by atoms with van der Waals surface area (Å²) in [5, 5.41) is 20.8. The van der Waals surface area contributed by atoms with Gasteiger partial charge in [-0.1, -0.05) is 36.4 Å². The average molecular weight is 563 g/mol. The van der Waals surface area contributed by atoms with Crippen LogP contribution >= 0.6 is 0 Å². The first-order valence-corrected chi connectivity index (χ1v) is 14.2. The number of nitrogens with two attached hydrogens (primary N) is 1. The first kappa shape index (κ1) is 25.9. The molecule has 0 radical (unpaired) electrons. The lowest BCUT2D eigenvalue weighted by Crippen LogP contribution is -2.46. The molecule has 4 aromatic heterocycles. The van der Waals surface area contributed by atoms with Crippen LogP contribution in [-0.4, -0.2) is 63.7 Å². The van der Waals surface area contributed by atoms with Crippen LogP contribution in [0.5, 0.6) is 0 Å². The number of nitrogens with zero attached hydrogens (tertiary/aromatic N) is 6. The van der Waals surface area contributed by atoms with E-state index in [0.717, 1.165) is 59.3 Å². The molecule has 6 heterocycles. The van der Waals surface area contributed by atoms with Gasteiger partial charge in [0.05, 0.1) is 17.6 Å². The summed E-state index contributed by atoms with van der Waals surface area (Å²) < 4.78 is 1.60. The molecule has 11 nitrogen and oxygen atoms in total. The summed E-state index contributed by atoms with van der Waals surface area (Å²) in [6, 6.07) is 15.8. The lowest BCUT2D eigenvalue weighted by Gasteiger charge is -2.39. The van der Waals surface area contributed by atoms with Crippen molar-refractivity contribution in [3.05, 3.63) is 84.1 Å². The van der Waals surface area contributed by atoms with Crippen LogP contribution in [0.15, 0.2) is 67.1 Å². The standard InChI is InChI=1S/C31H30N8O3/c32-29-23(9-11-27(40)41)28(20-14-21-7-8-22(15-20)38(21)31(42)26-12-13-34-37-26)36-30-24(17-35-39(29)30)19-6-10-25(33-16-19)18-4-2-1-3-5-18/h1-6,10,12-13,16-17,20-22H,7-9,11,14-15,32H2,(H,34,37)(H,40,41)/t20?,21-,22+. The van der Waals surface area contributed by atoms with Gasteiger partial charge in [-0.3, -0.25) is 19.7 Å². The number of H-pyrrole nitrogens is 1. The Morgan fingerprint density at radius 1 is 1.00 bits per heavy atom. The summed E-state index contributed by atoms with van der Waals surface area (Å²) in [5.74, 6) is -0.492. The minimum atomic E-state index is -0.897. The molecule has 2 aliphatic rings. The number of hydrogen-bond donors (Lipinski definition) is 3. The van der Waals surface area contributed by atoms with Gasteiger partial charge in [0.15, 0.2) is 5.65 Å². The van der Waals surface area contributed by atoms with E-state index in [1.165, 1.54) is 0 Å². The number of nitrogens with one attached hydrogen (secondary N) is 1. The number of aromatic amines is 1. The van der Waals surface area contributed by atoms with Gasteiger partial charge < -0.3 is 15.7 Å². The molecule has 212 valence electrons. The maximum atomic E-state index is 13.3. The van der Waals surface area contributed by atoms with Crippen LogP contribution in [0.25, 0.3) is 28.0 Å². The number of aliphatic carboxylic acids is 1. The topological polar surface area (TPSA) is 155 Å². The molecule has 1 aromatic carbocycles. The number of benzene rings is 1. The summed E-state index contributed by atoms with van der Waals surface area (Å²) in [6.45, 7) is 0. The predicted octanol–water partition coefficient (Wildman–Crippen LogP) is 4.33. The van der Waals surface area contributed by atoms with Crippen LogP contribution in [0, 0.1) is 0 Å². The van der Waals surface area contributed by atoms with Crippen molar-refractivity contribution < 1.29 is 14.7 Å². The quantitative estimate of drug-likeness (QED) is 0.265. The second-order valence-corrected chi connectivity index (χ2v) is 11.1. The van der Waals surface area contributed by atoms with Crippen LogP contribution in [-0.2, 0) is 11.2 Å². The molecular weight excluding hydrogens is 532 g/mol. The fourth-order valence-corrected chi connectivity index (χ4v) is 6.67. The van der Waals surface area contributed by atoms with Crippen molar-refractivity contribution in [2.45, 2.75) is 56.5 Å². The Balaban J connectivity index is 1.26. The molecular formula is C31H30N8O3. The second kappa shape index (κ2) is 10.4. The number of carbonyl (C=O) groups is 2. The monoisotopic (exact) mass is 562 g/mol. The molecule has 0 saturated carbocycles. The van der Waals surface area contributed by atoms with Gasteiger partial charge in [0, 0.05) is 59.1 Å². The molecule has 1 unspecified atom stereocenters. The lowest BCUT2D eigenvalue weighted by molar-refractivity contribution is -0.136. The minimum absolute atomic E-state index is 0.0306. The zero-order valence-electron chi connectivity index (χ0n) is 22.8. The number of hydrogen-bond acceptors (Lipinski definition) is 7. The van der Waals surface area contributed by atoms with Crippen molar-refractivity contribution in [1.82, 2.24) is 34.7 Å². The number of carboxylic acids is 1. The largest absolute Gasteiger partial charge is 0.481 e. The number of amides is 1. The van der Waals surface area contributed by atoms with Crippen molar-refractivity contribution in [3.8, 4) is 22.4 Å². The summed E-state index contributed by atoms with van der Waals surface area (Å²) in [4.78, 5) is 36.6. The predicted molar refractivity (Wildman–Crippen MR) is 156 cm³/mol. The molecule has 2 aliphatic heterocycles. The van der Waals surface area contributed by atoms with Gasteiger partial charge in [0.2, 0.25) is 0 Å². The maximum absolute atomic E-state index is 13.3. The Bertz CT molecular complexity index is 1750. The fourth-order valence-electron chi connectivity index (χ4n) is 6.67. The maximum Gasteiger partial charge on any atom is 0.303 e. The third kappa shape index (κ3) is 4.47. The third-order valence-corrected chi connectivity index (χ3v) is 8.64. The highest BCUT2D eigenvalue weighted by Gasteiger charge is 2.45. The van der Waals surface area contributed by atoms with Crippen LogP contribution in [0.4, 0.5) is 5.82 Å². The smallest absolute Gasteiger partial charge is 0.303 e. The molecule has 0 aliphatic carbocycles. The van der Waals surface area contributed by atoms with Gasteiger partial charge in [0.25, 0.3) is 5.91 Å². The van der Waals surface area contributed by atoms with E-state index in [1.807, 2.05) is 53.6 Å². The summed E-state index contributed by atoms with van der Waals surface area (Å²) in [5.41, 5.74) is 12.9. The van der Waals surface area contributed by atoms with Crippen LogP contribution < -0.4 is 5.73 Å². The van der Waals surface area contributed by atoms with Crippen molar-refractivity contribution in [1.29, 1.82) is 0 Å².